The van der Waals surface area contributed by atoms with Crippen molar-refractivity contribution in [2.24, 2.45) is 0 Å². The van der Waals surface area contributed by atoms with Gasteiger partial charge in [0, 0.05) is 22.9 Å². The Bertz CT molecular complexity index is 505. The number of unbranched alkanes of at least 4 members (excludes halogenated alkanes) is 1. The van der Waals surface area contributed by atoms with Gasteiger partial charge in [0.25, 0.3) is 0 Å². The molecular formula is C15H18N2OS. The van der Waals surface area contributed by atoms with Gasteiger partial charge in [0.05, 0.1) is 12.9 Å². The van der Waals surface area contributed by atoms with Gasteiger partial charge in [-0.1, -0.05) is 25.5 Å². The van der Waals surface area contributed by atoms with Crippen LogP contribution in [0.3, 0.4) is 0 Å². The van der Waals surface area contributed by atoms with Crippen LogP contribution in [0.15, 0.2) is 47.9 Å². The molecule has 0 saturated heterocycles. The van der Waals surface area contributed by atoms with Gasteiger partial charge in [0.2, 0.25) is 0 Å². The summed E-state index contributed by atoms with van der Waals surface area (Å²) in [4.78, 5) is 17.2. The molecule has 19 heavy (non-hydrogen) atoms. The fraction of sp³-hybridized carbons (Fsp3) is 0.333. The van der Waals surface area contributed by atoms with Crippen LogP contribution < -0.4 is 0 Å². The number of thioether (sulfide) groups is 1. The van der Waals surface area contributed by atoms with Crippen LogP contribution in [-0.4, -0.2) is 21.1 Å². The molecule has 1 aromatic carbocycles. The smallest absolute Gasteiger partial charge is 0.182 e. The fourth-order valence-electron chi connectivity index (χ4n) is 1.71. The van der Waals surface area contributed by atoms with Crippen molar-refractivity contribution < 1.29 is 4.79 Å². The van der Waals surface area contributed by atoms with Gasteiger partial charge >= 0.3 is 0 Å². The number of hydrogen-bond acceptors (Lipinski definition) is 3. The number of benzene rings is 1. The molecule has 3 nitrogen and oxygen atoms in total. The van der Waals surface area contributed by atoms with E-state index in [1.165, 1.54) is 17.7 Å². The maximum Gasteiger partial charge on any atom is 0.182 e. The van der Waals surface area contributed by atoms with E-state index >= 15 is 0 Å². The molecule has 1 aromatic heterocycles. The van der Waals surface area contributed by atoms with Crippen molar-refractivity contribution in [3.63, 3.8) is 0 Å². The zero-order valence-corrected chi connectivity index (χ0v) is 11.9. The van der Waals surface area contributed by atoms with Gasteiger partial charge in [-0.15, -0.1) is 11.8 Å². The number of imidazole rings is 1. The lowest BCUT2D eigenvalue weighted by molar-refractivity contribution is 0.0972. The highest BCUT2D eigenvalue weighted by Crippen LogP contribution is 2.20. The lowest BCUT2D eigenvalue weighted by Crippen LogP contribution is -2.08. The van der Waals surface area contributed by atoms with Gasteiger partial charge in [-0.2, -0.15) is 0 Å². The number of aromatic nitrogens is 2. The summed E-state index contributed by atoms with van der Waals surface area (Å²) >= 11 is 1.84. The van der Waals surface area contributed by atoms with Crippen LogP contribution in [-0.2, 0) is 6.54 Å². The van der Waals surface area contributed by atoms with E-state index in [-0.39, 0.29) is 5.78 Å². The highest BCUT2D eigenvalue weighted by atomic mass is 32.2. The molecule has 1 heterocycles. The number of ketones is 1. The Labute approximate surface area is 118 Å². The molecule has 0 atom stereocenters. The molecule has 4 heteroatoms. The summed E-state index contributed by atoms with van der Waals surface area (Å²) in [6, 6.07) is 7.88. The van der Waals surface area contributed by atoms with Gasteiger partial charge in [0.1, 0.15) is 0 Å². The molecule has 0 amide bonds. The molecule has 100 valence electrons. The van der Waals surface area contributed by atoms with Crippen LogP contribution >= 0.6 is 11.8 Å². The molecule has 0 fully saturated rings. The van der Waals surface area contributed by atoms with E-state index in [9.17, 15) is 4.79 Å². The lowest BCUT2D eigenvalue weighted by Gasteiger charge is -2.04. The van der Waals surface area contributed by atoms with E-state index in [0.29, 0.717) is 6.54 Å². The number of carbonyl (C=O) groups is 1. The van der Waals surface area contributed by atoms with Crippen LogP contribution in [0.1, 0.15) is 30.1 Å². The summed E-state index contributed by atoms with van der Waals surface area (Å²) in [5.41, 5.74) is 0.758. The number of carbonyl (C=O) groups excluding carboxylic acids is 1. The van der Waals surface area contributed by atoms with E-state index in [1.807, 2.05) is 36.0 Å². The Morgan fingerprint density at radius 1 is 1.32 bits per heavy atom. The highest BCUT2D eigenvalue weighted by Gasteiger charge is 2.06. The van der Waals surface area contributed by atoms with E-state index < -0.39 is 0 Å². The molecule has 0 N–H and O–H groups in total. The number of hydrogen-bond donors (Lipinski definition) is 0. The first-order chi connectivity index (χ1) is 9.29. The third-order valence-corrected chi connectivity index (χ3v) is 3.93. The third kappa shape index (κ3) is 4.24. The third-order valence-electron chi connectivity index (χ3n) is 2.83. The first kappa shape index (κ1) is 13.9. The highest BCUT2D eigenvalue weighted by molar-refractivity contribution is 7.99. The van der Waals surface area contributed by atoms with Crippen LogP contribution in [0.5, 0.6) is 0 Å². The van der Waals surface area contributed by atoms with Crippen LogP contribution in [0.4, 0.5) is 0 Å². The van der Waals surface area contributed by atoms with E-state index in [0.717, 1.165) is 11.3 Å². The number of rotatable bonds is 7. The molecule has 2 aromatic rings. The fourth-order valence-corrected chi connectivity index (χ4v) is 2.71. The molecule has 0 aliphatic carbocycles. The van der Waals surface area contributed by atoms with Crippen molar-refractivity contribution in [3.05, 3.63) is 48.5 Å². The largest absolute Gasteiger partial charge is 0.330 e. The number of nitrogens with zero attached hydrogens (tertiary/aromatic N) is 2. The van der Waals surface area contributed by atoms with E-state index in [1.54, 1.807) is 23.3 Å². The Morgan fingerprint density at radius 2 is 2.11 bits per heavy atom. The average Bonchev–Trinajstić information content (AvgIpc) is 2.93. The van der Waals surface area contributed by atoms with Crippen molar-refractivity contribution in [3.8, 4) is 0 Å². The van der Waals surface area contributed by atoms with E-state index in [2.05, 4.69) is 11.9 Å². The summed E-state index contributed by atoms with van der Waals surface area (Å²) in [6.07, 6.45) is 7.58. The van der Waals surface area contributed by atoms with Gasteiger partial charge in [0.15, 0.2) is 5.78 Å². The first-order valence-electron chi connectivity index (χ1n) is 6.51. The van der Waals surface area contributed by atoms with Crippen LogP contribution in [0, 0.1) is 0 Å². The van der Waals surface area contributed by atoms with Crippen LogP contribution in [0.2, 0.25) is 0 Å². The standard InChI is InChI=1S/C15H18N2OS/c1-2-3-10-19-14-6-4-13(5-7-14)15(18)11-17-9-8-16-12-17/h4-9,12H,2-3,10-11H2,1H3. The maximum absolute atomic E-state index is 12.0. The number of Topliss-reactive ketones (excluding diaryl/α,β-unsaturated/α-hetero) is 1. The minimum atomic E-state index is 0.114. The zero-order valence-electron chi connectivity index (χ0n) is 11.1. The topological polar surface area (TPSA) is 34.9 Å². The molecule has 0 saturated carbocycles. The Balaban J connectivity index is 1.92. The van der Waals surface area contributed by atoms with Gasteiger partial charge < -0.3 is 4.57 Å². The molecule has 0 spiro atoms. The summed E-state index contributed by atoms with van der Waals surface area (Å²) < 4.78 is 1.78. The Kier molecular flexibility index (Phi) is 5.21. The van der Waals surface area contributed by atoms with Gasteiger partial charge in [-0.3, -0.25) is 4.79 Å². The summed E-state index contributed by atoms with van der Waals surface area (Å²) in [5, 5.41) is 0. The molecule has 0 bridgehead atoms. The maximum atomic E-state index is 12.0. The van der Waals surface area contributed by atoms with Crippen molar-refractivity contribution in [1.29, 1.82) is 0 Å². The quantitative estimate of drug-likeness (QED) is 0.439. The van der Waals surface area contributed by atoms with Crippen molar-refractivity contribution >= 4 is 17.5 Å². The first-order valence-corrected chi connectivity index (χ1v) is 7.50. The molecular weight excluding hydrogens is 256 g/mol. The summed E-state index contributed by atoms with van der Waals surface area (Å²) in [7, 11) is 0. The SMILES string of the molecule is CCCCSc1ccc(C(=O)Cn2ccnc2)cc1. The summed E-state index contributed by atoms with van der Waals surface area (Å²) in [6.45, 7) is 2.54. The van der Waals surface area contributed by atoms with E-state index in [4.69, 9.17) is 0 Å². The second kappa shape index (κ2) is 7.14. The van der Waals surface area contributed by atoms with Crippen LogP contribution in [0.25, 0.3) is 0 Å². The second-order valence-electron chi connectivity index (χ2n) is 4.38. The van der Waals surface area contributed by atoms with Gasteiger partial charge in [-0.25, -0.2) is 4.98 Å². The monoisotopic (exact) mass is 274 g/mol. The molecule has 0 unspecified atom stereocenters. The molecule has 0 aliphatic heterocycles. The van der Waals surface area contributed by atoms with Crippen molar-refractivity contribution in [2.45, 2.75) is 31.2 Å². The molecule has 0 aliphatic rings. The Hall–Kier alpha value is -1.55. The molecule has 2 rings (SSSR count). The molecule has 0 radical (unpaired) electrons. The second-order valence-corrected chi connectivity index (χ2v) is 5.55. The average molecular weight is 274 g/mol. The van der Waals surface area contributed by atoms with Gasteiger partial charge in [-0.05, 0) is 24.3 Å². The normalized spacial score (nSPS) is 10.6. The van der Waals surface area contributed by atoms with Crippen molar-refractivity contribution in [1.82, 2.24) is 9.55 Å². The zero-order chi connectivity index (χ0) is 13.5. The Morgan fingerprint density at radius 3 is 2.74 bits per heavy atom. The lowest BCUT2D eigenvalue weighted by atomic mass is 10.1. The summed E-state index contributed by atoms with van der Waals surface area (Å²) in [5.74, 6) is 1.25. The minimum absolute atomic E-state index is 0.114. The predicted octanol–water partition coefficient (Wildman–Crippen LogP) is 3.66. The predicted molar refractivity (Wildman–Crippen MR) is 78.6 cm³/mol. The minimum Gasteiger partial charge on any atom is -0.330 e. The van der Waals surface area contributed by atoms with Crippen molar-refractivity contribution in [2.75, 3.05) is 5.75 Å².